The first-order chi connectivity index (χ1) is 16.3. The number of benzene rings is 2. The van der Waals surface area contributed by atoms with Crippen LogP contribution in [0.15, 0.2) is 61.2 Å². The van der Waals surface area contributed by atoms with Gasteiger partial charge in [0.1, 0.15) is 29.9 Å². The summed E-state index contributed by atoms with van der Waals surface area (Å²) in [6.45, 7) is 4.61. The van der Waals surface area contributed by atoms with Crippen molar-refractivity contribution in [1.82, 2.24) is 14.8 Å². The van der Waals surface area contributed by atoms with Gasteiger partial charge in [0.05, 0.1) is 25.0 Å². The third kappa shape index (κ3) is 5.90. The van der Waals surface area contributed by atoms with E-state index in [4.69, 9.17) is 9.47 Å². The quantitative estimate of drug-likeness (QED) is 0.510. The molecule has 1 aliphatic rings. The maximum absolute atomic E-state index is 14.7. The minimum atomic E-state index is -1.67. The molecule has 0 radical (unpaired) electrons. The fraction of sp³-hybridized carbons (Fsp3) is 0.360. The molecule has 34 heavy (non-hydrogen) atoms. The zero-order chi connectivity index (χ0) is 24.1. The Morgan fingerprint density at radius 3 is 2.59 bits per heavy atom. The van der Waals surface area contributed by atoms with Crippen LogP contribution in [-0.2, 0) is 21.6 Å². The van der Waals surface area contributed by atoms with Crippen LogP contribution in [0.5, 0.6) is 0 Å². The largest absolute Gasteiger partial charge is 0.382 e. The molecule has 1 N–H and O–H groups in total. The lowest BCUT2D eigenvalue weighted by molar-refractivity contribution is -0.146. The zero-order valence-corrected chi connectivity index (χ0v) is 19.8. The molecule has 9 heteroatoms. The first-order valence-electron chi connectivity index (χ1n) is 11.0. The molecule has 0 saturated carbocycles. The summed E-state index contributed by atoms with van der Waals surface area (Å²) < 4.78 is 41.3. The molecule has 2 atom stereocenters. The van der Waals surface area contributed by atoms with E-state index in [9.17, 15) is 13.9 Å². The summed E-state index contributed by atoms with van der Waals surface area (Å²) in [5.74, 6) is -1.52. The van der Waals surface area contributed by atoms with Crippen LogP contribution in [0.1, 0.15) is 23.6 Å². The van der Waals surface area contributed by atoms with E-state index in [0.717, 1.165) is 17.7 Å². The average molecular weight is 488 g/mol. The molecular formula is C25H27F2N3O3S. The van der Waals surface area contributed by atoms with Crippen LogP contribution in [0.2, 0.25) is 0 Å². The van der Waals surface area contributed by atoms with Crippen molar-refractivity contribution < 1.29 is 23.4 Å². The van der Waals surface area contributed by atoms with Crippen molar-refractivity contribution >= 4 is 17.8 Å². The Morgan fingerprint density at radius 2 is 1.94 bits per heavy atom. The summed E-state index contributed by atoms with van der Waals surface area (Å²) in [4.78, 5) is 3.90. The highest BCUT2D eigenvalue weighted by Crippen LogP contribution is 2.38. The minimum absolute atomic E-state index is 0.000883. The number of ether oxygens (including phenoxy) is 2. The van der Waals surface area contributed by atoms with E-state index in [2.05, 4.69) is 10.1 Å². The fourth-order valence-corrected chi connectivity index (χ4v) is 5.11. The van der Waals surface area contributed by atoms with Gasteiger partial charge in [0.25, 0.3) is 0 Å². The first kappa shape index (κ1) is 24.5. The molecule has 0 bridgehead atoms. The Bertz CT molecular complexity index is 1100. The fourth-order valence-electron chi connectivity index (χ4n) is 3.79. The summed E-state index contributed by atoms with van der Waals surface area (Å²) in [6, 6.07) is 11.3. The van der Waals surface area contributed by atoms with Gasteiger partial charge in [-0.05, 0) is 24.6 Å². The van der Waals surface area contributed by atoms with Gasteiger partial charge in [-0.3, -0.25) is 0 Å². The molecule has 0 amide bonds. The van der Waals surface area contributed by atoms with Crippen LogP contribution in [0.3, 0.4) is 0 Å². The van der Waals surface area contributed by atoms with Crippen LogP contribution in [0.25, 0.3) is 6.08 Å². The molecule has 3 aromatic rings. The second-order valence-corrected chi connectivity index (χ2v) is 9.99. The van der Waals surface area contributed by atoms with Crippen molar-refractivity contribution in [2.75, 3.05) is 13.2 Å². The highest BCUT2D eigenvalue weighted by atomic mass is 32.2. The summed E-state index contributed by atoms with van der Waals surface area (Å²) in [5, 5.41) is 15.1. The molecule has 0 aliphatic carbocycles. The molecule has 1 aliphatic heterocycles. The van der Waals surface area contributed by atoms with E-state index in [1.807, 2.05) is 43.3 Å². The van der Waals surface area contributed by atoms with Crippen LogP contribution < -0.4 is 0 Å². The highest BCUT2D eigenvalue weighted by Gasteiger charge is 2.41. The van der Waals surface area contributed by atoms with E-state index in [1.165, 1.54) is 40.7 Å². The van der Waals surface area contributed by atoms with Crippen LogP contribution in [-0.4, -0.2) is 49.9 Å². The SMILES string of the molecule is Cc1ccc(/C=C/C2OCC(SC(C)C(O)(Cn3cncn3)c3ccc(F)cc3F)CO2)cc1. The van der Waals surface area contributed by atoms with Gasteiger partial charge in [0.2, 0.25) is 0 Å². The van der Waals surface area contributed by atoms with Gasteiger partial charge in [-0.25, -0.2) is 18.4 Å². The second-order valence-electron chi connectivity index (χ2n) is 8.35. The number of hydrogen-bond acceptors (Lipinski definition) is 6. The summed E-state index contributed by atoms with van der Waals surface area (Å²) in [5.41, 5.74) is 0.585. The predicted octanol–water partition coefficient (Wildman–Crippen LogP) is 4.33. The summed E-state index contributed by atoms with van der Waals surface area (Å²) in [7, 11) is 0. The zero-order valence-electron chi connectivity index (χ0n) is 19.0. The number of aryl methyl sites for hydroxylation is 1. The number of rotatable bonds is 8. The smallest absolute Gasteiger partial charge is 0.177 e. The highest BCUT2D eigenvalue weighted by molar-refractivity contribution is 8.00. The van der Waals surface area contributed by atoms with Crippen molar-refractivity contribution in [1.29, 1.82) is 0 Å². The molecule has 1 saturated heterocycles. The number of aromatic nitrogens is 3. The van der Waals surface area contributed by atoms with Gasteiger partial charge in [-0.2, -0.15) is 5.10 Å². The Hall–Kier alpha value is -2.59. The molecule has 2 aromatic carbocycles. The molecule has 2 heterocycles. The first-order valence-corrected chi connectivity index (χ1v) is 11.9. The number of nitrogens with zero attached hydrogens (tertiary/aromatic N) is 3. The lowest BCUT2D eigenvalue weighted by Gasteiger charge is -2.37. The van der Waals surface area contributed by atoms with Gasteiger partial charge in [-0.1, -0.05) is 48.9 Å². The monoisotopic (exact) mass is 487 g/mol. The number of hydrogen-bond donors (Lipinski definition) is 1. The normalized spacial score (nSPS) is 21.4. The Balaban J connectivity index is 1.41. The molecule has 6 nitrogen and oxygen atoms in total. The summed E-state index contributed by atoms with van der Waals surface area (Å²) in [6.07, 6.45) is 6.14. The molecular weight excluding hydrogens is 460 g/mol. The molecule has 4 rings (SSSR count). The minimum Gasteiger partial charge on any atom is -0.382 e. The van der Waals surface area contributed by atoms with Gasteiger partial charge >= 0.3 is 0 Å². The lowest BCUT2D eigenvalue weighted by atomic mass is 9.90. The van der Waals surface area contributed by atoms with Crippen molar-refractivity contribution in [3.63, 3.8) is 0 Å². The van der Waals surface area contributed by atoms with Gasteiger partial charge in [0.15, 0.2) is 6.29 Å². The predicted molar refractivity (Wildman–Crippen MR) is 127 cm³/mol. The lowest BCUT2D eigenvalue weighted by Crippen LogP contribution is -2.43. The molecule has 2 unspecified atom stereocenters. The van der Waals surface area contributed by atoms with Crippen LogP contribution >= 0.6 is 11.8 Å². The summed E-state index contributed by atoms with van der Waals surface area (Å²) >= 11 is 1.43. The van der Waals surface area contributed by atoms with Crippen LogP contribution in [0, 0.1) is 18.6 Å². The van der Waals surface area contributed by atoms with E-state index in [1.54, 1.807) is 6.92 Å². The Kier molecular flexibility index (Phi) is 7.77. The van der Waals surface area contributed by atoms with E-state index in [-0.39, 0.29) is 17.4 Å². The van der Waals surface area contributed by atoms with E-state index in [0.29, 0.717) is 13.2 Å². The number of aliphatic hydroxyl groups is 1. The van der Waals surface area contributed by atoms with Crippen LogP contribution in [0.4, 0.5) is 8.78 Å². The van der Waals surface area contributed by atoms with Crippen molar-refractivity contribution in [2.45, 2.75) is 42.8 Å². The Labute approximate surface area is 201 Å². The molecule has 0 spiro atoms. The van der Waals surface area contributed by atoms with Gasteiger partial charge in [-0.15, -0.1) is 11.8 Å². The maximum Gasteiger partial charge on any atom is 0.177 e. The van der Waals surface area contributed by atoms with Crippen molar-refractivity contribution in [3.05, 3.63) is 89.5 Å². The van der Waals surface area contributed by atoms with Crippen molar-refractivity contribution in [3.8, 4) is 0 Å². The van der Waals surface area contributed by atoms with E-state index < -0.39 is 28.8 Å². The second kappa shape index (κ2) is 10.8. The molecule has 1 fully saturated rings. The third-order valence-electron chi connectivity index (χ3n) is 5.75. The standard InChI is InChI=1S/C25H27F2N3O3S/c1-17-3-5-19(6-4-17)7-10-24-32-12-21(13-33-24)34-18(2)25(31,14-30-16-28-15-29-30)22-9-8-20(26)11-23(22)27/h3-11,15-16,18,21,24,31H,12-14H2,1-2H3/b10-7+. The number of halogens is 2. The molecule has 1 aromatic heterocycles. The average Bonchev–Trinajstić information content (AvgIpc) is 3.32. The molecule has 180 valence electrons. The third-order valence-corrected chi connectivity index (χ3v) is 7.21. The van der Waals surface area contributed by atoms with Gasteiger partial charge < -0.3 is 14.6 Å². The number of thioether (sulfide) groups is 1. The topological polar surface area (TPSA) is 69.4 Å². The van der Waals surface area contributed by atoms with Gasteiger partial charge in [0, 0.05) is 16.9 Å². The maximum atomic E-state index is 14.7. The van der Waals surface area contributed by atoms with Crippen molar-refractivity contribution in [2.24, 2.45) is 0 Å². The Morgan fingerprint density at radius 1 is 1.21 bits per heavy atom. The van der Waals surface area contributed by atoms with E-state index >= 15 is 0 Å².